The Morgan fingerprint density at radius 1 is 1.30 bits per heavy atom. The summed E-state index contributed by atoms with van der Waals surface area (Å²) in [5, 5.41) is 24.1. The molecule has 0 aliphatic rings. The number of rotatable bonds is 7. The van der Waals surface area contributed by atoms with Crippen molar-refractivity contribution in [3.05, 3.63) is 10.1 Å². The average molecular weight is 287 g/mol. The summed E-state index contributed by atoms with van der Waals surface area (Å²) in [7, 11) is 2.45. The molecule has 0 fully saturated rings. The first-order valence-corrected chi connectivity index (χ1v) is 5.34. The Morgan fingerprint density at radius 3 is 2.25 bits per heavy atom. The average Bonchev–Trinajstić information content (AvgIpc) is 2.41. The van der Waals surface area contributed by atoms with Crippen molar-refractivity contribution in [1.82, 2.24) is 15.3 Å². The predicted octanol–water partition coefficient (Wildman–Crippen LogP) is 0.0815. The van der Waals surface area contributed by atoms with Gasteiger partial charge in [-0.1, -0.05) is 0 Å². The number of carboxylic acid groups (broad SMARTS) is 1. The molecule has 0 aliphatic carbocycles. The molecule has 110 valence electrons. The number of nitro groups is 1. The van der Waals surface area contributed by atoms with Crippen LogP contribution in [0.2, 0.25) is 0 Å². The van der Waals surface area contributed by atoms with E-state index in [2.05, 4.69) is 20.6 Å². The highest BCUT2D eigenvalue weighted by Gasteiger charge is 2.26. The van der Waals surface area contributed by atoms with Crippen LogP contribution >= 0.6 is 0 Å². The minimum atomic E-state index is -1.16. The second kappa shape index (κ2) is 6.92. The van der Waals surface area contributed by atoms with Gasteiger partial charge in [0.25, 0.3) is 0 Å². The Balaban J connectivity index is 2.88. The van der Waals surface area contributed by atoms with Gasteiger partial charge in [0.15, 0.2) is 0 Å². The molecule has 1 heterocycles. The normalized spacial score (nSPS) is 9.70. The van der Waals surface area contributed by atoms with Crippen LogP contribution in [-0.2, 0) is 0 Å². The van der Waals surface area contributed by atoms with Crippen LogP contribution < -0.4 is 20.1 Å². The summed E-state index contributed by atoms with van der Waals surface area (Å²) in [6.07, 6.45) is -1.16. The van der Waals surface area contributed by atoms with E-state index in [1.54, 1.807) is 0 Å². The number of methoxy groups -OCH3 is 2. The quantitative estimate of drug-likeness (QED) is 0.360. The van der Waals surface area contributed by atoms with Crippen LogP contribution in [0.25, 0.3) is 0 Å². The fourth-order valence-corrected chi connectivity index (χ4v) is 1.28. The van der Waals surface area contributed by atoms with E-state index >= 15 is 0 Å². The number of ether oxygens (including phenoxy) is 2. The maximum atomic E-state index is 10.9. The van der Waals surface area contributed by atoms with Crippen molar-refractivity contribution >= 4 is 17.7 Å². The SMILES string of the molecule is COc1nc(NCCNC(=O)O)nc(OC)c1[N+](=O)[O-]. The summed E-state index contributed by atoms with van der Waals surface area (Å²) in [5.74, 6) is -0.484. The second-order valence-corrected chi connectivity index (χ2v) is 3.33. The first-order valence-electron chi connectivity index (χ1n) is 5.34. The highest BCUT2D eigenvalue weighted by atomic mass is 16.6. The lowest BCUT2D eigenvalue weighted by Gasteiger charge is -2.09. The molecular formula is C9H13N5O6. The van der Waals surface area contributed by atoms with E-state index in [9.17, 15) is 14.9 Å². The van der Waals surface area contributed by atoms with Crippen LogP contribution in [0.5, 0.6) is 11.8 Å². The topological polar surface area (TPSA) is 149 Å². The molecule has 1 amide bonds. The van der Waals surface area contributed by atoms with Gasteiger partial charge in [-0.2, -0.15) is 9.97 Å². The highest BCUT2D eigenvalue weighted by molar-refractivity contribution is 5.64. The minimum absolute atomic E-state index is 0.0245. The number of aromatic nitrogens is 2. The predicted molar refractivity (Wildman–Crippen MR) is 66.3 cm³/mol. The third kappa shape index (κ3) is 3.83. The lowest BCUT2D eigenvalue weighted by molar-refractivity contribution is -0.387. The number of hydrogen-bond donors (Lipinski definition) is 3. The highest BCUT2D eigenvalue weighted by Crippen LogP contribution is 2.34. The van der Waals surface area contributed by atoms with Gasteiger partial charge in [-0.15, -0.1) is 0 Å². The lowest BCUT2D eigenvalue weighted by Crippen LogP contribution is -2.27. The largest absolute Gasteiger partial charge is 0.476 e. The van der Waals surface area contributed by atoms with E-state index in [0.717, 1.165) is 0 Å². The van der Waals surface area contributed by atoms with Gasteiger partial charge in [0.2, 0.25) is 5.95 Å². The molecule has 0 aromatic carbocycles. The van der Waals surface area contributed by atoms with Crippen molar-refractivity contribution in [1.29, 1.82) is 0 Å². The Bertz CT molecular complexity index is 483. The first-order chi connectivity index (χ1) is 9.49. The Kier molecular flexibility index (Phi) is 5.26. The zero-order valence-corrected chi connectivity index (χ0v) is 10.7. The standard InChI is InChI=1S/C9H13N5O6/c1-19-6-5(14(17)18)7(20-2)13-8(12-6)10-3-4-11-9(15)16/h11H,3-4H2,1-2H3,(H,15,16)(H,10,12,13). The Hall–Kier alpha value is -2.85. The molecule has 0 radical (unpaired) electrons. The van der Waals surface area contributed by atoms with Crippen molar-refractivity contribution in [3.8, 4) is 11.8 Å². The lowest BCUT2D eigenvalue weighted by atomic mass is 10.5. The molecule has 11 heteroatoms. The molecule has 0 unspecified atom stereocenters. The molecule has 0 bridgehead atoms. The molecule has 20 heavy (non-hydrogen) atoms. The van der Waals surface area contributed by atoms with E-state index in [1.165, 1.54) is 14.2 Å². The van der Waals surface area contributed by atoms with Crippen LogP contribution in [0.4, 0.5) is 16.4 Å². The molecule has 0 atom stereocenters. The zero-order chi connectivity index (χ0) is 15.1. The molecule has 1 aromatic rings. The van der Waals surface area contributed by atoms with Crippen LogP contribution in [0.15, 0.2) is 0 Å². The van der Waals surface area contributed by atoms with Crippen LogP contribution in [-0.4, -0.2) is 53.4 Å². The van der Waals surface area contributed by atoms with Crippen LogP contribution in [0.1, 0.15) is 0 Å². The van der Waals surface area contributed by atoms with E-state index in [-0.39, 0.29) is 30.8 Å². The van der Waals surface area contributed by atoms with Gasteiger partial charge >= 0.3 is 23.5 Å². The molecule has 0 saturated heterocycles. The molecule has 1 rings (SSSR count). The zero-order valence-electron chi connectivity index (χ0n) is 10.7. The molecular weight excluding hydrogens is 274 g/mol. The fourth-order valence-electron chi connectivity index (χ4n) is 1.28. The fraction of sp³-hybridized carbons (Fsp3) is 0.444. The smallest absolute Gasteiger partial charge is 0.404 e. The van der Waals surface area contributed by atoms with Crippen molar-refractivity contribution in [2.24, 2.45) is 0 Å². The van der Waals surface area contributed by atoms with E-state index < -0.39 is 16.7 Å². The monoisotopic (exact) mass is 287 g/mol. The number of amides is 1. The Labute approximate surface area is 113 Å². The number of nitrogens with one attached hydrogen (secondary N) is 2. The maximum absolute atomic E-state index is 10.9. The van der Waals surface area contributed by atoms with Crippen molar-refractivity contribution in [2.75, 3.05) is 32.6 Å². The molecule has 11 nitrogen and oxygen atoms in total. The van der Waals surface area contributed by atoms with Gasteiger partial charge in [-0.3, -0.25) is 10.1 Å². The summed E-state index contributed by atoms with van der Waals surface area (Å²) in [6, 6.07) is 0. The number of anilines is 1. The summed E-state index contributed by atoms with van der Waals surface area (Å²) in [4.78, 5) is 28.0. The van der Waals surface area contributed by atoms with Crippen molar-refractivity contribution in [2.45, 2.75) is 0 Å². The maximum Gasteiger partial charge on any atom is 0.404 e. The van der Waals surface area contributed by atoms with Gasteiger partial charge < -0.3 is 25.2 Å². The number of carbonyl (C=O) groups is 1. The van der Waals surface area contributed by atoms with Crippen LogP contribution in [0.3, 0.4) is 0 Å². The molecule has 3 N–H and O–H groups in total. The molecule has 1 aromatic heterocycles. The molecule has 0 spiro atoms. The van der Waals surface area contributed by atoms with E-state index in [1.807, 2.05) is 0 Å². The van der Waals surface area contributed by atoms with E-state index in [0.29, 0.717) is 0 Å². The van der Waals surface area contributed by atoms with Crippen LogP contribution in [0, 0.1) is 10.1 Å². The number of hydrogen-bond acceptors (Lipinski definition) is 8. The summed E-state index contributed by atoms with van der Waals surface area (Å²) < 4.78 is 9.62. The van der Waals surface area contributed by atoms with Gasteiger partial charge in [0.05, 0.1) is 19.1 Å². The van der Waals surface area contributed by atoms with Gasteiger partial charge in [-0.05, 0) is 0 Å². The minimum Gasteiger partial charge on any atom is -0.476 e. The summed E-state index contributed by atoms with van der Waals surface area (Å²) in [5.41, 5.74) is -0.482. The first kappa shape index (κ1) is 15.2. The number of nitrogens with zero attached hydrogens (tertiary/aromatic N) is 3. The third-order valence-corrected chi connectivity index (χ3v) is 2.07. The van der Waals surface area contributed by atoms with E-state index in [4.69, 9.17) is 14.6 Å². The van der Waals surface area contributed by atoms with Gasteiger partial charge in [0, 0.05) is 13.1 Å². The Morgan fingerprint density at radius 2 is 1.85 bits per heavy atom. The molecule has 0 aliphatic heterocycles. The summed E-state index contributed by atoms with van der Waals surface area (Å²) >= 11 is 0. The second-order valence-electron chi connectivity index (χ2n) is 3.33. The molecule has 0 saturated carbocycles. The van der Waals surface area contributed by atoms with Gasteiger partial charge in [-0.25, -0.2) is 4.79 Å². The van der Waals surface area contributed by atoms with Crippen molar-refractivity contribution in [3.63, 3.8) is 0 Å². The summed E-state index contributed by atoms with van der Waals surface area (Å²) in [6.45, 7) is 0.302. The van der Waals surface area contributed by atoms with Crippen molar-refractivity contribution < 1.29 is 24.3 Å². The van der Waals surface area contributed by atoms with Gasteiger partial charge in [0.1, 0.15) is 0 Å². The third-order valence-electron chi connectivity index (χ3n) is 2.07.